The molecule has 1 amide bonds. The minimum absolute atomic E-state index is 0. The van der Waals surface area contributed by atoms with Crippen LogP contribution >= 0.6 is 23.7 Å². The summed E-state index contributed by atoms with van der Waals surface area (Å²) in [5.41, 5.74) is 2.19. The standard InChI is InChI=1S/C18H22N2OS.ClH/c1-19-13-14-7-10-20(11-8-14)18(21)17-16(9-12-22-17)15-5-3-2-4-6-15;/h2-6,9,12,14,19H,7-8,10-11,13H2,1H3;1H. The maximum Gasteiger partial charge on any atom is 0.264 e. The number of benzene rings is 1. The average Bonchev–Trinajstić information content (AvgIpc) is 3.06. The van der Waals surface area contributed by atoms with Crippen LogP contribution in [0.5, 0.6) is 0 Å². The minimum atomic E-state index is 0. The normalized spacial score (nSPS) is 15.3. The van der Waals surface area contributed by atoms with Crippen molar-refractivity contribution < 1.29 is 4.79 Å². The lowest BCUT2D eigenvalue weighted by Gasteiger charge is -2.32. The molecule has 1 aromatic heterocycles. The number of likely N-dealkylation sites (tertiary alicyclic amines) is 1. The molecule has 0 bridgehead atoms. The van der Waals surface area contributed by atoms with Crippen LogP contribution in [0.1, 0.15) is 22.5 Å². The van der Waals surface area contributed by atoms with Crippen molar-refractivity contribution in [2.45, 2.75) is 12.8 Å². The summed E-state index contributed by atoms with van der Waals surface area (Å²) in [5.74, 6) is 0.891. The van der Waals surface area contributed by atoms with E-state index in [9.17, 15) is 4.79 Å². The first-order valence-electron chi connectivity index (χ1n) is 7.86. The second-order valence-corrected chi connectivity index (χ2v) is 6.74. The van der Waals surface area contributed by atoms with Gasteiger partial charge in [-0.2, -0.15) is 0 Å². The maximum absolute atomic E-state index is 12.8. The van der Waals surface area contributed by atoms with E-state index in [0.717, 1.165) is 48.5 Å². The highest BCUT2D eigenvalue weighted by Crippen LogP contribution is 2.30. The molecule has 0 atom stereocenters. The Bertz CT molecular complexity index is 621. The van der Waals surface area contributed by atoms with E-state index < -0.39 is 0 Å². The van der Waals surface area contributed by atoms with Gasteiger partial charge in [-0.25, -0.2) is 0 Å². The van der Waals surface area contributed by atoms with E-state index in [1.807, 2.05) is 35.5 Å². The van der Waals surface area contributed by atoms with Crippen LogP contribution in [0.2, 0.25) is 0 Å². The van der Waals surface area contributed by atoms with Crippen LogP contribution in [0.4, 0.5) is 0 Å². The predicted octanol–water partition coefficient (Wildman–Crippen LogP) is 3.91. The summed E-state index contributed by atoms with van der Waals surface area (Å²) in [4.78, 5) is 15.7. The van der Waals surface area contributed by atoms with Gasteiger partial charge in [0.1, 0.15) is 0 Å². The molecule has 0 spiro atoms. The number of carbonyl (C=O) groups excluding carboxylic acids is 1. The molecule has 5 heteroatoms. The number of carbonyl (C=O) groups is 1. The number of nitrogens with zero attached hydrogens (tertiary/aromatic N) is 1. The monoisotopic (exact) mass is 350 g/mol. The number of nitrogens with one attached hydrogen (secondary N) is 1. The Morgan fingerprint density at radius 1 is 1.22 bits per heavy atom. The van der Waals surface area contributed by atoms with Crippen molar-refractivity contribution in [1.29, 1.82) is 0 Å². The fraction of sp³-hybridized carbons (Fsp3) is 0.389. The number of thiophene rings is 1. The molecule has 1 N–H and O–H groups in total. The molecule has 0 unspecified atom stereocenters. The summed E-state index contributed by atoms with van der Waals surface area (Å²) in [6, 6.07) is 12.2. The molecule has 1 aliphatic heterocycles. The molecule has 2 aromatic rings. The van der Waals surface area contributed by atoms with E-state index in [1.165, 1.54) is 0 Å². The minimum Gasteiger partial charge on any atom is -0.338 e. The van der Waals surface area contributed by atoms with Crippen LogP contribution in [0.25, 0.3) is 11.1 Å². The van der Waals surface area contributed by atoms with Gasteiger partial charge < -0.3 is 10.2 Å². The molecule has 124 valence electrons. The maximum atomic E-state index is 12.8. The fourth-order valence-electron chi connectivity index (χ4n) is 3.09. The second-order valence-electron chi connectivity index (χ2n) is 5.82. The summed E-state index contributed by atoms with van der Waals surface area (Å²) in [5, 5.41) is 5.26. The lowest BCUT2D eigenvalue weighted by atomic mass is 9.96. The molecule has 3 rings (SSSR count). The Kier molecular flexibility index (Phi) is 6.63. The largest absolute Gasteiger partial charge is 0.338 e. The van der Waals surface area contributed by atoms with Gasteiger partial charge in [0.25, 0.3) is 5.91 Å². The predicted molar refractivity (Wildman–Crippen MR) is 99.6 cm³/mol. The number of rotatable bonds is 4. The van der Waals surface area contributed by atoms with Gasteiger partial charge in [0.15, 0.2) is 0 Å². The summed E-state index contributed by atoms with van der Waals surface area (Å²) in [7, 11) is 2.00. The molecule has 0 aliphatic carbocycles. The third-order valence-corrected chi connectivity index (χ3v) is 5.24. The zero-order valence-electron chi connectivity index (χ0n) is 13.3. The van der Waals surface area contributed by atoms with E-state index >= 15 is 0 Å². The van der Waals surface area contributed by atoms with Gasteiger partial charge in [0.05, 0.1) is 4.88 Å². The van der Waals surface area contributed by atoms with Crippen molar-refractivity contribution in [1.82, 2.24) is 10.2 Å². The Morgan fingerprint density at radius 2 is 1.91 bits per heavy atom. The SMILES string of the molecule is CNCC1CCN(C(=O)c2sccc2-c2ccccc2)CC1.Cl. The van der Waals surface area contributed by atoms with Crippen molar-refractivity contribution in [2.75, 3.05) is 26.7 Å². The second kappa shape index (κ2) is 8.48. The third-order valence-electron chi connectivity index (χ3n) is 4.34. The molecule has 23 heavy (non-hydrogen) atoms. The summed E-state index contributed by atoms with van der Waals surface area (Å²) in [6.07, 6.45) is 2.19. The number of halogens is 1. The van der Waals surface area contributed by atoms with E-state index in [1.54, 1.807) is 11.3 Å². The Labute approximate surface area is 148 Å². The van der Waals surface area contributed by atoms with E-state index in [-0.39, 0.29) is 18.3 Å². The zero-order chi connectivity index (χ0) is 15.4. The Morgan fingerprint density at radius 3 is 2.57 bits per heavy atom. The Hall–Kier alpha value is -1.36. The van der Waals surface area contributed by atoms with Gasteiger partial charge in [-0.3, -0.25) is 4.79 Å². The molecule has 1 saturated heterocycles. The number of amides is 1. The van der Waals surface area contributed by atoms with Crippen molar-refractivity contribution in [3.05, 3.63) is 46.7 Å². The van der Waals surface area contributed by atoms with Crippen molar-refractivity contribution in [3.63, 3.8) is 0 Å². The van der Waals surface area contributed by atoms with Crippen LogP contribution in [0.3, 0.4) is 0 Å². The molecule has 3 nitrogen and oxygen atoms in total. The van der Waals surface area contributed by atoms with E-state index in [2.05, 4.69) is 23.5 Å². The lowest BCUT2D eigenvalue weighted by molar-refractivity contribution is 0.0696. The molecule has 1 aliphatic rings. The highest BCUT2D eigenvalue weighted by Gasteiger charge is 2.25. The molecule has 0 radical (unpaired) electrons. The third kappa shape index (κ3) is 4.14. The molecule has 2 heterocycles. The molecular weight excluding hydrogens is 328 g/mol. The van der Waals surface area contributed by atoms with Crippen LogP contribution in [0, 0.1) is 5.92 Å². The van der Waals surface area contributed by atoms with Gasteiger partial charge >= 0.3 is 0 Å². The number of hydrogen-bond acceptors (Lipinski definition) is 3. The van der Waals surface area contributed by atoms with Gasteiger partial charge in [0.2, 0.25) is 0 Å². The number of piperidine rings is 1. The first-order valence-corrected chi connectivity index (χ1v) is 8.74. The first-order chi connectivity index (χ1) is 10.8. The van der Waals surface area contributed by atoms with Gasteiger partial charge in [-0.15, -0.1) is 23.7 Å². The summed E-state index contributed by atoms with van der Waals surface area (Å²) < 4.78 is 0. The molecule has 0 saturated carbocycles. The van der Waals surface area contributed by atoms with Crippen molar-refractivity contribution in [2.24, 2.45) is 5.92 Å². The Balaban J connectivity index is 0.00000192. The summed E-state index contributed by atoms with van der Waals surface area (Å²) in [6.45, 7) is 2.80. The highest BCUT2D eigenvalue weighted by atomic mass is 35.5. The van der Waals surface area contributed by atoms with E-state index in [0.29, 0.717) is 5.92 Å². The molecule has 1 aromatic carbocycles. The zero-order valence-corrected chi connectivity index (χ0v) is 15.0. The summed E-state index contributed by atoms with van der Waals surface area (Å²) >= 11 is 1.55. The van der Waals surface area contributed by atoms with Gasteiger partial charge in [-0.1, -0.05) is 30.3 Å². The van der Waals surface area contributed by atoms with E-state index in [4.69, 9.17) is 0 Å². The average molecular weight is 351 g/mol. The van der Waals surface area contributed by atoms with Crippen LogP contribution < -0.4 is 5.32 Å². The number of hydrogen-bond donors (Lipinski definition) is 1. The molecule has 1 fully saturated rings. The van der Waals surface area contributed by atoms with Gasteiger partial charge in [0, 0.05) is 18.7 Å². The highest BCUT2D eigenvalue weighted by molar-refractivity contribution is 7.12. The van der Waals surface area contributed by atoms with Gasteiger partial charge in [-0.05, 0) is 49.4 Å². The smallest absolute Gasteiger partial charge is 0.264 e. The van der Waals surface area contributed by atoms with Crippen LogP contribution in [-0.2, 0) is 0 Å². The first kappa shape index (κ1) is 18.0. The lowest BCUT2D eigenvalue weighted by Crippen LogP contribution is -2.40. The van der Waals surface area contributed by atoms with Crippen LogP contribution in [0.15, 0.2) is 41.8 Å². The van der Waals surface area contributed by atoms with Crippen molar-refractivity contribution >= 4 is 29.7 Å². The van der Waals surface area contributed by atoms with Crippen molar-refractivity contribution in [3.8, 4) is 11.1 Å². The van der Waals surface area contributed by atoms with Crippen LogP contribution in [-0.4, -0.2) is 37.5 Å². The fourth-order valence-corrected chi connectivity index (χ4v) is 3.98. The quantitative estimate of drug-likeness (QED) is 0.906. The molecular formula is C18H23ClN2OS. The topological polar surface area (TPSA) is 32.3 Å².